The van der Waals surface area contributed by atoms with E-state index in [1.165, 1.54) is 24.8 Å². The lowest BCUT2D eigenvalue weighted by molar-refractivity contribution is 0.0719. The Morgan fingerprint density at radius 2 is 2.24 bits per heavy atom. The second-order valence-electron chi connectivity index (χ2n) is 5.98. The molecule has 6 heteroatoms. The first-order chi connectivity index (χ1) is 10.1. The highest BCUT2D eigenvalue weighted by Crippen LogP contribution is 2.28. The maximum absolute atomic E-state index is 5.36. The summed E-state index contributed by atoms with van der Waals surface area (Å²) < 4.78 is 7.40. The average Bonchev–Trinajstić information content (AvgIpc) is 3.08. The van der Waals surface area contributed by atoms with Crippen LogP contribution < -0.4 is 0 Å². The highest BCUT2D eigenvalue weighted by molar-refractivity contribution is 5.00. The zero-order valence-corrected chi connectivity index (χ0v) is 13.0. The van der Waals surface area contributed by atoms with Crippen LogP contribution in [0.5, 0.6) is 0 Å². The Hall–Kier alpha value is -1.69. The maximum Gasteiger partial charge on any atom is 0.243 e. The molecule has 0 saturated carbocycles. The summed E-state index contributed by atoms with van der Waals surface area (Å²) in [7, 11) is 0. The van der Waals surface area contributed by atoms with Crippen LogP contribution in [0.25, 0.3) is 0 Å². The molecule has 2 unspecified atom stereocenters. The van der Waals surface area contributed by atoms with Gasteiger partial charge in [-0.1, -0.05) is 11.6 Å². The minimum absolute atomic E-state index is 0.160. The number of rotatable bonds is 4. The summed E-state index contributed by atoms with van der Waals surface area (Å²) in [5, 5.41) is 8.33. The molecule has 1 saturated heterocycles. The summed E-state index contributed by atoms with van der Waals surface area (Å²) in [5.41, 5.74) is 1.21. The Bertz CT molecular complexity index is 590. The van der Waals surface area contributed by atoms with Crippen molar-refractivity contribution < 1.29 is 4.52 Å². The molecule has 1 aliphatic heterocycles. The molecule has 0 spiro atoms. The van der Waals surface area contributed by atoms with Gasteiger partial charge in [0.2, 0.25) is 5.89 Å². The van der Waals surface area contributed by atoms with Crippen LogP contribution in [0.15, 0.2) is 16.9 Å². The van der Waals surface area contributed by atoms with Crippen molar-refractivity contribution in [1.82, 2.24) is 24.8 Å². The van der Waals surface area contributed by atoms with E-state index in [4.69, 9.17) is 4.52 Å². The molecule has 0 aliphatic carbocycles. The van der Waals surface area contributed by atoms with E-state index in [1.807, 2.05) is 17.8 Å². The first-order valence-electron chi connectivity index (χ1n) is 7.68. The molecule has 2 atom stereocenters. The van der Waals surface area contributed by atoms with Crippen molar-refractivity contribution in [3.05, 3.63) is 29.7 Å². The monoisotopic (exact) mass is 289 g/mol. The summed E-state index contributed by atoms with van der Waals surface area (Å²) in [6.45, 7) is 8.09. The Morgan fingerprint density at radius 3 is 2.90 bits per heavy atom. The van der Waals surface area contributed by atoms with Crippen LogP contribution in [-0.4, -0.2) is 37.4 Å². The number of likely N-dealkylation sites (tertiary alicyclic amines) is 1. The van der Waals surface area contributed by atoms with Crippen LogP contribution in [0.1, 0.15) is 49.5 Å². The average molecular weight is 289 g/mol. The van der Waals surface area contributed by atoms with Gasteiger partial charge >= 0.3 is 0 Å². The van der Waals surface area contributed by atoms with Gasteiger partial charge in [-0.25, -0.2) is 0 Å². The second kappa shape index (κ2) is 5.97. The van der Waals surface area contributed by atoms with Crippen molar-refractivity contribution >= 4 is 0 Å². The van der Waals surface area contributed by atoms with E-state index >= 15 is 0 Å². The van der Waals surface area contributed by atoms with E-state index in [1.54, 1.807) is 0 Å². The summed E-state index contributed by atoms with van der Waals surface area (Å²) in [5.74, 6) is 1.42. The van der Waals surface area contributed by atoms with Crippen LogP contribution in [0.3, 0.4) is 0 Å². The molecule has 3 rings (SSSR count). The molecule has 0 N–H and O–H groups in total. The van der Waals surface area contributed by atoms with Gasteiger partial charge in [0.15, 0.2) is 5.82 Å². The third-order valence-corrected chi connectivity index (χ3v) is 4.23. The molecule has 0 aromatic carbocycles. The van der Waals surface area contributed by atoms with Gasteiger partial charge in [0.1, 0.15) is 0 Å². The summed E-state index contributed by atoms with van der Waals surface area (Å²) in [6, 6.07) is 0.633. The summed E-state index contributed by atoms with van der Waals surface area (Å²) in [4.78, 5) is 6.87. The molecule has 0 amide bonds. The van der Waals surface area contributed by atoms with Gasteiger partial charge in [-0.05, 0) is 45.7 Å². The smallest absolute Gasteiger partial charge is 0.243 e. The highest BCUT2D eigenvalue weighted by atomic mass is 16.5. The van der Waals surface area contributed by atoms with Gasteiger partial charge in [-0.3, -0.25) is 9.58 Å². The topological polar surface area (TPSA) is 60.0 Å². The van der Waals surface area contributed by atoms with Crippen LogP contribution in [0.4, 0.5) is 0 Å². The number of piperidine rings is 1. The zero-order valence-electron chi connectivity index (χ0n) is 13.0. The SMILES string of the molecule is Cc1cnn(CC2CCCCN2C(C)c2nc(C)no2)c1. The molecule has 21 heavy (non-hydrogen) atoms. The van der Waals surface area contributed by atoms with E-state index in [0.717, 1.165) is 19.0 Å². The van der Waals surface area contributed by atoms with Crippen molar-refractivity contribution in [2.24, 2.45) is 0 Å². The predicted octanol–water partition coefficient (Wildman–Crippen LogP) is 2.50. The Labute approximate surface area is 125 Å². The summed E-state index contributed by atoms with van der Waals surface area (Å²) in [6.07, 6.45) is 7.71. The van der Waals surface area contributed by atoms with Gasteiger partial charge in [-0.15, -0.1) is 0 Å². The Morgan fingerprint density at radius 1 is 1.38 bits per heavy atom. The van der Waals surface area contributed by atoms with E-state index in [-0.39, 0.29) is 6.04 Å². The lowest BCUT2D eigenvalue weighted by Crippen LogP contribution is -2.43. The van der Waals surface area contributed by atoms with Crippen molar-refractivity contribution in [3.8, 4) is 0 Å². The maximum atomic E-state index is 5.36. The molecular formula is C15H23N5O. The Kier molecular flexibility index (Phi) is 4.05. The molecule has 2 aromatic heterocycles. The van der Waals surface area contributed by atoms with Crippen molar-refractivity contribution in [1.29, 1.82) is 0 Å². The molecule has 114 valence electrons. The molecule has 2 aromatic rings. The number of nitrogens with zero attached hydrogens (tertiary/aromatic N) is 5. The van der Waals surface area contributed by atoms with Gasteiger partial charge < -0.3 is 4.52 Å². The number of aromatic nitrogens is 4. The lowest BCUT2D eigenvalue weighted by atomic mass is 10.00. The Balaban J connectivity index is 1.74. The van der Waals surface area contributed by atoms with Crippen LogP contribution >= 0.6 is 0 Å². The van der Waals surface area contributed by atoms with E-state index < -0.39 is 0 Å². The van der Waals surface area contributed by atoms with Crippen LogP contribution in [0.2, 0.25) is 0 Å². The minimum atomic E-state index is 0.160. The first-order valence-corrected chi connectivity index (χ1v) is 7.68. The fourth-order valence-corrected chi connectivity index (χ4v) is 3.14. The molecular weight excluding hydrogens is 266 g/mol. The van der Waals surface area contributed by atoms with Crippen LogP contribution in [0, 0.1) is 13.8 Å². The third-order valence-electron chi connectivity index (χ3n) is 4.23. The minimum Gasteiger partial charge on any atom is -0.338 e. The number of aryl methyl sites for hydroxylation is 2. The largest absolute Gasteiger partial charge is 0.338 e. The quantitative estimate of drug-likeness (QED) is 0.865. The van der Waals surface area contributed by atoms with Gasteiger partial charge in [0.05, 0.1) is 18.8 Å². The molecule has 1 aliphatic rings. The van der Waals surface area contributed by atoms with Gasteiger partial charge in [0.25, 0.3) is 0 Å². The number of hydrogen-bond acceptors (Lipinski definition) is 5. The van der Waals surface area contributed by atoms with E-state index in [9.17, 15) is 0 Å². The molecule has 0 radical (unpaired) electrons. The van der Waals surface area contributed by atoms with Gasteiger partial charge in [0, 0.05) is 12.2 Å². The summed E-state index contributed by atoms with van der Waals surface area (Å²) >= 11 is 0. The standard InChI is InChI=1S/C15H23N5O/c1-11-8-16-19(9-11)10-14-6-4-5-7-20(14)12(2)15-17-13(3)18-21-15/h8-9,12,14H,4-7,10H2,1-3H3. The fraction of sp³-hybridized carbons (Fsp3) is 0.667. The highest BCUT2D eigenvalue weighted by Gasteiger charge is 2.30. The number of hydrogen-bond donors (Lipinski definition) is 0. The van der Waals surface area contributed by atoms with Crippen molar-refractivity contribution in [3.63, 3.8) is 0 Å². The lowest BCUT2D eigenvalue weighted by Gasteiger charge is -2.38. The molecule has 6 nitrogen and oxygen atoms in total. The van der Waals surface area contributed by atoms with Crippen molar-refractivity contribution in [2.45, 2.75) is 58.7 Å². The molecule has 1 fully saturated rings. The predicted molar refractivity (Wildman–Crippen MR) is 78.8 cm³/mol. The molecule has 3 heterocycles. The second-order valence-corrected chi connectivity index (χ2v) is 5.98. The first kappa shape index (κ1) is 14.3. The fourth-order valence-electron chi connectivity index (χ4n) is 3.14. The van der Waals surface area contributed by atoms with E-state index in [2.05, 4.69) is 40.2 Å². The van der Waals surface area contributed by atoms with E-state index in [0.29, 0.717) is 11.9 Å². The third kappa shape index (κ3) is 3.15. The molecule has 0 bridgehead atoms. The normalized spacial score (nSPS) is 21.6. The zero-order chi connectivity index (χ0) is 14.8. The van der Waals surface area contributed by atoms with Crippen molar-refractivity contribution in [2.75, 3.05) is 6.54 Å². The van der Waals surface area contributed by atoms with Gasteiger partial charge in [-0.2, -0.15) is 10.1 Å². The van der Waals surface area contributed by atoms with Crippen LogP contribution in [-0.2, 0) is 6.54 Å².